The predicted molar refractivity (Wildman–Crippen MR) is 334 cm³/mol. The van der Waals surface area contributed by atoms with Crippen LogP contribution in [0.4, 0.5) is 5.69 Å². The number of benzene rings is 5. The van der Waals surface area contributed by atoms with E-state index in [9.17, 15) is 48.6 Å². The van der Waals surface area contributed by atoms with Crippen LogP contribution in [0.1, 0.15) is 123 Å². The van der Waals surface area contributed by atoms with Gasteiger partial charge in [-0.1, -0.05) is 135 Å². The number of nitrogens with one attached hydrogen (secondary N) is 3. The number of esters is 5. The van der Waals surface area contributed by atoms with Gasteiger partial charge in [-0.2, -0.15) is 0 Å². The Morgan fingerprint density at radius 3 is 1.99 bits per heavy atom. The molecule has 2 bridgehead atoms. The third-order valence-electron chi connectivity index (χ3n) is 18.7. The van der Waals surface area contributed by atoms with Gasteiger partial charge < -0.3 is 59.5 Å². The van der Waals surface area contributed by atoms with Crippen LogP contribution in [0.15, 0.2) is 151 Å². The summed E-state index contributed by atoms with van der Waals surface area (Å²) in [6.07, 6.45) is -8.80. The van der Waals surface area contributed by atoms with Gasteiger partial charge in [0.2, 0.25) is 23.8 Å². The van der Waals surface area contributed by atoms with E-state index in [1.165, 1.54) is 52.0 Å². The molecule has 11 atom stereocenters. The summed E-state index contributed by atoms with van der Waals surface area (Å²) in [5, 5.41) is 34.3. The van der Waals surface area contributed by atoms with Gasteiger partial charge in [-0.3, -0.25) is 38.4 Å². The molecule has 22 heteroatoms. The first-order valence-corrected chi connectivity index (χ1v) is 30.8. The zero-order chi connectivity index (χ0) is 66.6. The van der Waals surface area contributed by atoms with Crippen molar-refractivity contribution in [1.29, 1.82) is 0 Å². The number of aliphatic hydroxyl groups excluding tert-OH is 1. The average molecular weight is 1270 g/mol. The summed E-state index contributed by atoms with van der Waals surface area (Å²) in [6, 6.07) is 37.2. The number of ketones is 1. The Bertz CT molecular complexity index is 3800. The standard InChI is InChI=1S/C71H74N4O18/c1-41-51(37-71(87)64(92-66(85)48-26-14-9-15-27-48)62-69(6,52(78)36-53-70(62,40-88-53)93-43(3)77)63(83)60(89-42(2)76)58(41)68(71,4)5)90-67(86)61(59(46-22-10-7-11-23-46)74-65(84)47-24-12-8-13-25-47)91-57(82)33-32-54(79)73-38-55(80)72-35-34-56(81)75-39-49-28-17-16-20-44(49)30-31-45-21-18-19-29-50(45)75/h7-31,51-53,59-62,64,78,87H,32-40H2,1-6H3,(H,72,80)(H,73,79)(H,74,84)/b31-30-/t51-,52-,53+,59?,60+,61+,62-,64-,69+,70-,71+/m0/s1. The maximum absolute atomic E-state index is 15.9. The number of anilines is 1. The predicted octanol–water partition coefficient (Wildman–Crippen LogP) is 6.41. The molecule has 0 spiro atoms. The van der Waals surface area contributed by atoms with Crippen molar-refractivity contribution in [3.8, 4) is 0 Å². The van der Waals surface area contributed by atoms with Crippen LogP contribution in [0.5, 0.6) is 0 Å². The van der Waals surface area contributed by atoms with E-state index in [1.807, 2.05) is 60.7 Å². The Morgan fingerprint density at radius 2 is 1.33 bits per heavy atom. The van der Waals surface area contributed by atoms with Gasteiger partial charge in [-0.15, -0.1) is 0 Å². The van der Waals surface area contributed by atoms with E-state index in [2.05, 4.69) is 16.0 Å². The lowest BCUT2D eigenvalue weighted by Crippen LogP contribution is -2.82. The second kappa shape index (κ2) is 27.3. The van der Waals surface area contributed by atoms with Crippen LogP contribution < -0.4 is 20.9 Å². The zero-order valence-electron chi connectivity index (χ0n) is 52.3. The lowest BCUT2D eigenvalue weighted by atomic mass is 9.44. The first-order valence-electron chi connectivity index (χ1n) is 30.8. The van der Waals surface area contributed by atoms with Crippen molar-refractivity contribution in [3.05, 3.63) is 184 Å². The highest BCUT2D eigenvalue weighted by molar-refractivity contribution is 5.99. The quantitative estimate of drug-likeness (QED) is 0.0339. The van der Waals surface area contributed by atoms with E-state index < -0.39 is 150 Å². The van der Waals surface area contributed by atoms with Gasteiger partial charge in [-0.05, 0) is 77.6 Å². The van der Waals surface area contributed by atoms with Gasteiger partial charge in [0.15, 0.2) is 17.5 Å². The number of rotatable bonds is 19. The third-order valence-corrected chi connectivity index (χ3v) is 18.7. The van der Waals surface area contributed by atoms with Crippen LogP contribution in [-0.2, 0) is 73.3 Å². The first kappa shape index (κ1) is 66.3. The molecule has 1 saturated heterocycles. The van der Waals surface area contributed by atoms with Crippen molar-refractivity contribution in [2.45, 2.75) is 134 Å². The topological polar surface area (TPSA) is 306 Å². The molecule has 93 heavy (non-hydrogen) atoms. The molecule has 22 nitrogen and oxygen atoms in total. The minimum absolute atomic E-state index is 0.00489. The number of hydrogen-bond acceptors (Lipinski definition) is 18. The van der Waals surface area contributed by atoms with E-state index in [4.69, 9.17) is 28.4 Å². The number of nitrogens with zero attached hydrogens (tertiary/aromatic N) is 1. The molecule has 486 valence electrons. The maximum atomic E-state index is 15.9. The van der Waals surface area contributed by atoms with Gasteiger partial charge in [0.1, 0.15) is 30.0 Å². The molecule has 5 aliphatic rings. The average Bonchev–Trinajstić information content (AvgIpc) is 0.671. The fourth-order valence-corrected chi connectivity index (χ4v) is 13.8. The highest BCUT2D eigenvalue weighted by Crippen LogP contribution is 2.64. The summed E-state index contributed by atoms with van der Waals surface area (Å²) in [7, 11) is 0. The fraction of sp³-hybridized carbons (Fsp3) is 0.380. The largest absolute Gasteiger partial charge is 0.455 e. The van der Waals surface area contributed by atoms with Crippen LogP contribution in [0.2, 0.25) is 0 Å². The molecular formula is C71H74N4O18. The Balaban J connectivity index is 0.928. The Morgan fingerprint density at radius 1 is 0.710 bits per heavy atom. The summed E-state index contributed by atoms with van der Waals surface area (Å²) in [6.45, 7) is 7.36. The third kappa shape index (κ3) is 13.2. The van der Waals surface area contributed by atoms with Crippen LogP contribution in [0.25, 0.3) is 12.2 Å². The molecule has 5 N–H and O–H groups in total. The number of carbonyl (C=O) groups excluding carboxylic acids is 10. The van der Waals surface area contributed by atoms with Crippen molar-refractivity contribution in [3.63, 3.8) is 0 Å². The van der Waals surface area contributed by atoms with Crippen molar-refractivity contribution in [2.24, 2.45) is 16.7 Å². The maximum Gasteiger partial charge on any atom is 0.350 e. The molecule has 5 aromatic rings. The summed E-state index contributed by atoms with van der Waals surface area (Å²) in [5.74, 6) is -10.3. The zero-order valence-corrected chi connectivity index (χ0v) is 52.3. The Kier molecular flexibility index (Phi) is 19.4. The Hall–Kier alpha value is -9.64. The number of hydrogen-bond donors (Lipinski definition) is 5. The van der Waals surface area contributed by atoms with Crippen molar-refractivity contribution in [1.82, 2.24) is 16.0 Å². The van der Waals surface area contributed by atoms with E-state index in [0.29, 0.717) is 12.2 Å². The molecule has 2 saturated carbocycles. The second-order valence-corrected chi connectivity index (χ2v) is 24.8. The number of ether oxygens (including phenoxy) is 6. The highest BCUT2D eigenvalue weighted by Gasteiger charge is 2.78. The van der Waals surface area contributed by atoms with Crippen molar-refractivity contribution >= 4 is 77.1 Å². The first-order chi connectivity index (χ1) is 44.4. The minimum atomic E-state index is -2.55. The number of Topliss-reactive ketones (excluding diaryl/α,β-unsaturated/α-hetero) is 1. The van der Waals surface area contributed by atoms with Crippen molar-refractivity contribution in [2.75, 3.05) is 24.6 Å². The molecule has 4 amide bonds. The van der Waals surface area contributed by atoms with Crippen LogP contribution in [0, 0.1) is 16.7 Å². The molecule has 2 heterocycles. The fourth-order valence-electron chi connectivity index (χ4n) is 13.8. The van der Waals surface area contributed by atoms with E-state index in [0.717, 1.165) is 30.5 Å². The number of aliphatic hydroxyl groups is 2. The summed E-state index contributed by atoms with van der Waals surface area (Å²) in [5.41, 5.74) is -4.61. The normalized spacial score (nSPS) is 25.8. The van der Waals surface area contributed by atoms with Gasteiger partial charge in [0, 0.05) is 57.1 Å². The number of para-hydroxylation sites is 1. The summed E-state index contributed by atoms with van der Waals surface area (Å²) >= 11 is 0. The van der Waals surface area contributed by atoms with Crippen LogP contribution >= 0.6 is 0 Å². The lowest BCUT2D eigenvalue weighted by molar-refractivity contribution is -0.346. The van der Waals surface area contributed by atoms with Crippen LogP contribution in [0.3, 0.4) is 0 Å². The minimum Gasteiger partial charge on any atom is -0.455 e. The number of fused-ring (bicyclic) bond motifs is 7. The monoisotopic (exact) mass is 1270 g/mol. The van der Waals surface area contributed by atoms with Gasteiger partial charge >= 0.3 is 29.8 Å². The van der Waals surface area contributed by atoms with E-state index >= 15 is 9.59 Å². The Labute approximate surface area is 537 Å². The van der Waals surface area contributed by atoms with Gasteiger partial charge in [0.05, 0.1) is 54.8 Å². The summed E-state index contributed by atoms with van der Waals surface area (Å²) in [4.78, 5) is 143. The molecule has 3 aliphatic carbocycles. The van der Waals surface area contributed by atoms with Gasteiger partial charge in [-0.25, -0.2) is 9.59 Å². The smallest absolute Gasteiger partial charge is 0.350 e. The lowest BCUT2D eigenvalue weighted by Gasteiger charge is -2.67. The molecule has 2 aliphatic heterocycles. The second-order valence-electron chi connectivity index (χ2n) is 24.8. The molecule has 1 unspecified atom stereocenters. The van der Waals surface area contributed by atoms with Gasteiger partial charge in [0.25, 0.3) is 5.91 Å². The molecule has 3 fully saturated rings. The molecular weight excluding hydrogens is 1200 g/mol. The van der Waals surface area contributed by atoms with Crippen LogP contribution in [-0.4, -0.2) is 137 Å². The molecule has 0 radical (unpaired) electrons. The number of carbonyl (C=O) groups is 10. The van der Waals surface area contributed by atoms with E-state index in [1.54, 1.807) is 71.6 Å². The van der Waals surface area contributed by atoms with Crippen molar-refractivity contribution < 1.29 is 86.6 Å². The SMILES string of the molecule is CC(=O)O[C@H]1C(=O)[C@@]2(C)[C@H]([C@H](OC(=O)c3ccccc3)[C@]3(O)C[C@H](OC(=O)[C@H](OC(=O)CCC(=O)NCC(=O)NCCC(=O)N4Cc5ccccc5/C=C\c5ccccc54)C(NC(=O)c4ccccc4)c4ccccc4)C(C)=C1C3(C)C)[C@]1(OC(C)=O)CO[C@@H]1C[C@@H]2O. The molecule has 0 aromatic heterocycles. The molecule has 5 aromatic carbocycles. The molecule has 10 rings (SSSR count). The highest BCUT2D eigenvalue weighted by atomic mass is 16.6. The van der Waals surface area contributed by atoms with E-state index in [-0.39, 0.29) is 59.7 Å². The number of amides is 4. The summed E-state index contributed by atoms with van der Waals surface area (Å²) < 4.78 is 37.0.